The third kappa shape index (κ3) is 3.76. The first-order valence-corrected chi connectivity index (χ1v) is 12.1. The Balaban J connectivity index is 1.31. The molecule has 0 amide bonds. The summed E-state index contributed by atoms with van der Waals surface area (Å²) < 4.78 is 18.0. The molecule has 34 heavy (non-hydrogen) atoms. The molecule has 0 radical (unpaired) electrons. The molecule has 2 aliphatic rings. The minimum Gasteiger partial charge on any atom is -0.393 e. The Morgan fingerprint density at radius 3 is 2.82 bits per heavy atom. The molecule has 4 aromatic rings. The van der Waals surface area contributed by atoms with Gasteiger partial charge in [-0.2, -0.15) is 15.5 Å². The molecule has 1 aliphatic heterocycles. The molecule has 8 nitrogen and oxygen atoms in total. The molecule has 0 aromatic carbocycles. The molecule has 1 saturated carbocycles. The Kier molecular flexibility index (Phi) is 5.32. The van der Waals surface area contributed by atoms with E-state index < -0.39 is 5.82 Å². The average Bonchev–Trinajstić information content (AvgIpc) is 3.57. The molecule has 1 N–H and O–H groups in total. The van der Waals surface area contributed by atoms with Crippen LogP contribution < -0.4 is 0 Å². The van der Waals surface area contributed by atoms with Gasteiger partial charge in [0.15, 0.2) is 5.82 Å². The largest absolute Gasteiger partial charge is 0.393 e. The van der Waals surface area contributed by atoms with Gasteiger partial charge in [-0.3, -0.25) is 9.58 Å². The highest BCUT2D eigenvalue weighted by Gasteiger charge is 2.36. The number of aromatic nitrogens is 5. The van der Waals surface area contributed by atoms with Crippen molar-refractivity contribution in [1.82, 2.24) is 29.3 Å². The molecule has 10 heteroatoms. The van der Waals surface area contributed by atoms with Gasteiger partial charge in [0.05, 0.1) is 35.6 Å². The summed E-state index contributed by atoms with van der Waals surface area (Å²) in [6.07, 6.45) is 11.4. The lowest BCUT2D eigenvalue weighted by atomic mass is 9.88. The third-order valence-corrected chi connectivity index (χ3v) is 7.76. The maximum Gasteiger partial charge on any atom is 0.155 e. The number of likely N-dealkylation sites (tertiary alicyclic amines) is 1. The predicted molar refractivity (Wildman–Crippen MR) is 124 cm³/mol. The molecule has 172 valence electrons. The van der Waals surface area contributed by atoms with Gasteiger partial charge in [-0.15, -0.1) is 0 Å². The highest BCUT2D eigenvalue weighted by Crippen LogP contribution is 2.36. The summed E-state index contributed by atoms with van der Waals surface area (Å²) in [4.78, 5) is 7.31. The van der Waals surface area contributed by atoms with Crippen LogP contribution >= 0.6 is 11.8 Å². The molecule has 5 heterocycles. The summed E-state index contributed by atoms with van der Waals surface area (Å²) in [6.45, 7) is 1.95. The minimum absolute atomic E-state index is 0.147. The Morgan fingerprint density at radius 2 is 2.03 bits per heavy atom. The minimum atomic E-state index is -0.410. The Morgan fingerprint density at radius 1 is 1.15 bits per heavy atom. The van der Waals surface area contributed by atoms with E-state index in [0.717, 1.165) is 43.5 Å². The van der Waals surface area contributed by atoms with E-state index in [1.165, 1.54) is 24.0 Å². The molecular weight excluding hydrogens is 453 g/mol. The lowest BCUT2D eigenvalue weighted by Gasteiger charge is -2.38. The van der Waals surface area contributed by atoms with Crippen LogP contribution in [-0.2, 0) is 0 Å². The fraction of sp³-hybridized carbons (Fsp3) is 0.333. The van der Waals surface area contributed by atoms with Crippen LogP contribution in [0.5, 0.6) is 0 Å². The van der Waals surface area contributed by atoms with E-state index in [9.17, 15) is 14.8 Å². The molecule has 6 rings (SSSR count). The maximum atomic E-state index is 14.3. The third-order valence-electron chi connectivity index (χ3n) is 6.74. The van der Waals surface area contributed by atoms with Crippen molar-refractivity contribution in [2.45, 2.75) is 47.4 Å². The fourth-order valence-electron chi connectivity index (χ4n) is 4.81. The van der Waals surface area contributed by atoms with E-state index in [2.05, 4.69) is 26.2 Å². The van der Waals surface area contributed by atoms with Gasteiger partial charge in [0.2, 0.25) is 0 Å². The fourth-order valence-corrected chi connectivity index (χ4v) is 5.79. The highest BCUT2D eigenvalue weighted by molar-refractivity contribution is 7.99. The van der Waals surface area contributed by atoms with Gasteiger partial charge in [-0.05, 0) is 37.5 Å². The standard InChI is InChI=1S/C24H22FN7OS/c25-21-2-1-4-27-24(21)34-22-6-15(12-32-23(22)16(9-26)10-29-32)17-11-28-31(13-17)18-3-5-30(14-18)19-7-20(33)8-19/h1-2,4,6,10-13,18-20,33H,3,5,7-8,14H2. The average molecular weight is 476 g/mol. The van der Waals surface area contributed by atoms with Gasteiger partial charge < -0.3 is 5.11 Å². The van der Waals surface area contributed by atoms with Gasteiger partial charge in [0.1, 0.15) is 11.1 Å². The molecule has 1 atom stereocenters. The van der Waals surface area contributed by atoms with E-state index in [1.807, 2.05) is 29.3 Å². The van der Waals surface area contributed by atoms with Crippen molar-refractivity contribution in [2.24, 2.45) is 0 Å². The summed E-state index contributed by atoms with van der Waals surface area (Å²) in [5, 5.41) is 28.4. The number of fused-ring (bicyclic) bond motifs is 1. The second kappa shape index (κ2) is 8.51. The molecule has 0 bridgehead atoms. The Bertz CT molecular complexity index is 1400. The number of pyridine rings is 2. The number of rotatable bonds is 5. The maximum absolute atomic E-state index is 14.3. The van der Waals surface area contributed by atoms with Crippen molar-refractivity contribution < 1.29 is 9.50 Å². The van der Waals surface area contributed by atoms with Crippen LogP contribution in [0.2, 0.25) is 0 Å². The van der Waals surface area contributed by atoms with Crippen LogP contribution in [-0.4, -0.2) is 59.6 Å². The van der Waals surface area contributed by atoms with Crippen LogP contribution in [0.25, 0.3) is 16.6 Å². The summed E-state index contributed by atoms with van der Waals surface area (Å²) in [5.74, 6) is -0.410. The number of nitriles is 1. The highest BCUT2D eigenvalue weighted by atomic mass is 32.2. The van der Waals surface area contributed by atoms with Crippen molar-refractivity contribution in [3.05, 3.63) is 60.6 Å². The number of aliphatic hydroxyl groups is 1. The van der Waals surface area contributed by atoms with Gasteiger partial charge in [-0.25, -0.2) is 13.9 Å². The van der Waals surface area contributed by atoms with Gasteiger partial charge in [-0.1, -0.05) is 11.8 Å². The van der Waals surface area contributed by atoms with Crippen LogP contribution in [0.4, 0.5) is 4.39 Å². The number of hydrogen-bond acceptors (Lipinski definition) is 7. The van der Waals surface area contributed by atoms with Crippen molar-refractivity contribution in [2.75, 3.05) is 13.1 Å². The first-order valence-electron chi connectivity index (χ1n) is 11.3. The predicted octanol–water partition coefficient (Wildman–Crippen LogP) is 3.52. The van der Waals surface area contributed by atoms with E-state index in [-0.39, 0.29) is 11.1 Å². The van der Waals surface area contributed by atoms with Gasteiger partial charge >= 0.3 is 0 Å². The molecule has 2 fully saturated rings. The van der Waals surface area contributed by atoms with Crippen molar-refractivity contribution >= 4 is 17.3 Å². The van der Waals surface area contributed by atoms with E-state index in [4.69, 9.17) is 0 Å². The molecule has 0 spiro atoms. The number of halogens is 1. The van der Waals surface area contributed by atoms with E-state index in [0.29, 0.717) is 28.1 Å². The molecular formula is C24H22FN7OS. The van der Waals surface area contributed by atoms with Gasteiger partial charge in [0, 0.05) is 53.7 Å². The van der Waals surface area contributed by atoms with Crippen LogP contribution in [0, 0.1) is 17.1 Å². The second-order valence-corrected chi connectivity index (χ2v) is 9.90. The number of nitrogens with zero attached hydrogens (tertiary/aromatic N) is 7. The zero-order valence-corrected chi connectivity index (χ0v) is 19.1. The van der Waals surface area contributed by atoms with Gasteiger partial charge in [0.25, 0.3) is 0 Å². The molecule has 1 unspecified atom stereocenters. The molecule has 1 aliphatic carbocycles. The smallest absolute Gasteiger partial charge is 0.155 e. The quantitative estimate of drug-likeness (QED) is 0.472. The summed E-state index contributed by atoms with van der Waals surface area (Å²) >= 11 is 1.18. The lowest BCUT2D eigenvalue weighted by Crippen LogP contribution is -2.46. The van der Waals surface area contributed by atoms with E-state index >= 15 is 0 Å². The summed E-state index contributed by atoms with van der Waals surface area (Å²) in [6, 6.07) is 7.81. The summed E-state index contributed by atoms with van der Waals surface area (Å²) in [7, 11) is 0. The molecule has 4 aromatic heterocycles. The number of hydrogen-bond donors (Lipinski definition) is 1. The second-order valence-electron chi connectivity index (χ2n) is 8.87. The zero-order chi connectivity index (χ0) is 23.2. The van der Waals surface area contributed by atoms with Crippen LogP contribution in [0.3, 0.4) is 0 Å². The first-order chi connectivity index (χ1) is 16.6. The van der Waals surface area contributed by atoms with Crippen molar-refractivity contribution in [3.8, 4) is 17.2 Å². The van der Waals surface area contributed by atoms with Crippen LogP contribution in [0.1, 0.15) is 30.9 Å². The summed E-state index contributed by atoms with van der Waals surface area (Å²) in [5.41, 5.74) is 2.86. The van der Waals surface area contributed by atoms with Crippen molar-refractivity contribution in [1.29, 1.82) is 5.26 Å². The first kappa shape index (κ1) is 21.3. The number of aliphatic hydroxyl groups excluding tert-OH is 1. The zero-order valence-electron chi connectivity index (χ0n) is 18.3. The monoisotopic (exact) mass is 475 g/mol. The van der Waals surface area contributed by atoms with Crippen LogP contribution in [0.15, 0.2) is 59.1 Å². The lowest BCUT2D eigenvalue weighted by molar-refractivity contribution is 0.00995. The SMILES string of the molecule is N#Cc1cnn2cc(-c3cnn(C4CCN(C5CC(O)C5)C4)c3)cc(Sc3ncccc3F)c12. The molecule has 1 saturated heterocycles. The topological polar surface area (TPSA) is 95.3 Å². The Labute approximate surface area is 199 Å². The Hall–Kier alpha value is -3.26. The van der Waals surface area contributed by atoms with Crippen molar-refractivity contribution in [3.63, 3.8) is 0 Å². The van der Waals surface area contributed by atoms with E-state index in [1.54, 1.807) is 16.8 Å². The normalized spacial score (nSPS) is 22.7.